The summed E-state index contributed by atoms with van der Waals surface area (Å²) in [5.74, 6) is 2.89. The summed E-state index contributed by atoms with van der Waals surface area (Å²) < 4.78 is 0. The Bertz CT molecular complexity index is 726. The molecule has 176 valence electrons. The van der Waals surface area contributed by atoms with E-state index in [0.29, 0.717) is 0 Å². The van der Waals surface area contributed by atoms with Crippen molar-refractivity contribution >= 4 is 0 Å². The molecule has 0 radical (unpaired) electrons. The van der Waals surface area contributed by atoms with Gasteiger partial charge in [-0.1, -0.05) is 115 Å². The van der Waals surface area contributed by atoms with Crippen LogP contribution in [0, 0.1) is 11.8 Å². The third-order valence-corrected chi connectivity index (χ3v) is 7.50. The second-order valence-electron chi connectivity index (χ2n) is 10.2. The van der Waals surface area contributed by atoms with Gasteiger partial charge in [0.15, 0.2) is 5.82 Å². The Morgan fingerprint density at radius 3 is 1.72 bits per heavy atom. The van der Waals surface area contributed by atoms with E-state index in [9.17, 15) is 0 Å². The van der Waals surface area contributed by atoms with E-state index in [0.717, 1.165) is 29.6 Å². The van der Waals surface area contributed by atoms with E-state index in [1.165, 1.54) is 107 Å². The molecule has 0 N–H and O–H groups in total. The number of aromatic nitrogens is 2. The van der Waals surface area contributed by atoms with Crippen molar-refractivity contribution in [2.75, 3.05) is 0 Å². The van der Waals surface area contributed by atoms with Crippen LogP contribution in [0.25, 0.3) is 11.4 Å². The Morgan fingerprint density at radius 1 is 0.625 bits per heavy atom. The van der Waals surface area contributed by atoms with E-state index in [1.54, 1.807) is 0 Å². The van der Waals surface area contributed by atoms with E-state index in [1.807, 2.05) is 12.4 Å². The van der Waals surface area contributed by atoms with Crippen LogP contribution in [-0.2, 0) is 12.8 Å². The van der Waals surface area contributed by atoms with Gasteiger partial charge < -0.3 is 0 Å². The van der Waals surface area contributed by atoms with Crippen molar-refractivity contribution < 1.29 is 0 Å². The fraction of sp³-hybridized carbons (Fsp3) is 0.667. The minimum atomic E-state index is 0.848. The molecule has 32 heavy (non-hydrogen) atoms. The smallest absolute Gasteiger partial charge is 0.159 e. The maximum absolute atomic E-state index is 4.60. The molecule has 0 unspecified atom stereocenters. The molecule has 1 aromatic heterocycles. The molecule has 0 spiro atoms. The van der Waals surface area contributed by atoms with Gasteiger partial charge in [-0.25, -0.2) is 9.97 Å². The highest BCUT2D eigenvalue weighted by molar-refractivity contribution is 5.55. The van der Waals surface area contributed by atoms with Crippen LogP contribution >= 0.6 is 0 Å². The van der Waals surface area contributed by atoms with Crippen molar-refractivity contribution in [3.05, 3.63) is 47.8 Å². The lowest BCUT2D eigenvalue weighted by molar-refractivity contribution is 0.245. The van der Waals surface area contributed by atoms with E-state index in [2.05, 4.69) is 48.1 Å². The van der Waals surface area contributed by atoms with Crippen LogP contribution in [0.1, 0.15) is 115 Å². The number of rotatable bonds is 14. The predicted octanol–water partition coefficient (Wildman–Crippen LogP) is 8.98. The molecule has 1 aromatic carbocycles. The first-order valence-corrected chi connectivity index (χ1v) is 13.7. The van der Waals surface area contributed by atoms with Crippen molar-refractivity contribution in [3.8, 4) is 11.4 Å². The second-order valence-corrected chi connectivity index (χ2v) is 10.2. The molecular formula is C30H46N2. The number of unbranched alkanes of at least 4 members (excludes halogenated alkanes) is 5. The molecule has 2 heteroatoms. The van der Waals surface area contributed by atoms with Crippen LogP contribution in [0.3, 0.4) is 0 Å². The Hall–Kier alpha value is -1.70. The molecule has 1 heterocycles. The topological polar surface area (TPSA) is 25.8 Å². The maximum atomic E-state index is 4.60. The third-order valence-electron chi connectivity index (χ3n) is 7.50. The van der Waals surface area contributed by atoms with Crippen LogP contribution in [-0.4, -0.2) is 9.97 Å². The lowest BCUT2D eigenvalue weighted by Gasteiger charge is -2.28. The van der Waals surface area contributed by atoms with Crippen LogP contribution in [0.4, 0.5) is 0 Å². The zero-order chi connectivity index (χ0) is 22.4. The molecule has 1 aliphatic carbocycles. The van der Waals surface area contributed by atoms with Gasteiger partial charge in [0.1, 0.15) is 0 Å². The minimum Gasteiger partial charge on any atom is -0.236 e. The van der Waals surface area contributed by atoms with Crippen molar-refractivity contribution in [2.24, 2.45) is 11.8 Å². The van der Waals surface area contributed by atoms with Crippen LogP contribution in [0.2, 0.25) is 0 Å². The number of aryl methyl sites for hydroxylation is 2. The number of hydrogen-bond acceptors (Lipinski definition) is 2. The fourth-order valence-electron chi connectivity index (χ4n) is 5.29. The molecule has 2 nitrogen and oxygen atoms in total. The van der Waals surface area contributed by atoms with E-state index in [4.69, 9.17) is 0 Å². The first-order valence-electron chi connectivity index (χ1n) is 13.7. The summed E-state index contributed by atoms with van der Waals surface area (Å²) in [6, 6.07) is 8.94. The van der Waals surface area contributed by atoms with Crippen LogP contribution < -0.4 is 0 Å². The molecule has 1 fully saturated rings. The number of hydrogen-bond donors (Lipinski definition) is 0. The van der Waals surface area contributed by atoms with Gasteiger partial charge in [0.05, 0.1) is 0 Å². The van der Waals surface area contributed by atoms with Crippen LogP contribution in [0.5, 0.6) is 0 Å². The van der Waals surface area contributed by atoms with Crippen molar-refractivity contribution in [1.29, 1.82) is 0 Å². The van der Waals surface area contributed by atoms with Gasteiger partial charge in [-0.15, -0.1) is 0 Å². The molecule has 0 amide bonds. The summed E-state index contributed by atoms with van der Waals surface area (Å²) in [6.07, 6.45) is 25.9. The molecule has 1 saturated carbocycles. The lowest BCUT2D eigenvalue weighted by atomic mass is 9.78. The summed E-state index contributed by atoms with van der Waals surface area (Å²) in [5.41, 5.74) is 3.83. The second kappa shape index (κ2) is 14.4. The Balaban J connectivity index is 1.32. The molecule has 0 atom stereocenters. The zero-order valence-corrected chi connectivity index (χ0v) is 20.8. The highest BCUT2D eigenvalue weighted by Crippen LogP contribution is 2.34. The highest BCUT2D eigenvalue weighted by Gasteiger charge is 2.20. The lowest BCUT2D eigenvalue weighted by Crippen LogP contribution is -2.14. The summed E-state index contributed by atoms with van der Waals surface area (Å²) in [6.45, 7) is 4.55. The molecule has 1 aliphatic rings. The number of nitrogens with zero attached hydrogens (tertiary/aromatic N) is 2. The molecule has 3 rings (SSSR count). The molecule has 2 aromatic rings. The van der Waals surface area contributed by atoms with Crippen molar-refractivity contribution in [3.63, 3.8) is 0 Å². The van der Waals surface area contributed by atoms with Gasteiger partial charge in [0.25, 0.3) is 0 Å². The summed E-state index contributed by atoms with van der Waals surface area (Å²) >= 11 is 0. The Labute approximate surface area is 197 Å². The van der Waals surface area contributed by atoms with E-state index in [-0.39, 0.29) is 0 Å². The van der Waals surface area contributed by atoms with E-state index >= 15 is 0 Å². The first kappa shape index (κ1) is 24.9. The van der Waals surface area contributed by atoms with Crippen molar-refractivity contribution in [2.45, 2.75) is 117 Å². The zero-order valence-electron chi connectivity index (χ0n) is 20.8. The molecule has 0 bridgehead atoms. The molecule has 0 aliphatic heterocycles. The minimum absolute atomic E-state index is 0.848. The average molecular weight is 435 g/mol. The normalized spacial score (nSPS) is 18.7. The fourth-order valence-corrected chi connectivity index (χ4v) is 5.29. The van der Waals surface area contributed by atoms with Crippen molar-refractivity contribution in [1.82, 2.24) is 9.97 Å². The SMILES string of the molecule is CCCCCc1cnc(-c2ccc(CCCCC3CCC(CCCCC)CC3)cc2)nc1. The standard InChI is InChI=1S/C30H46N2/c1-3-5-7-11-25-15-17-26(18-16-25)12-9-10-13-27-19-21-29(22-20-27)30-31-23-28(24-32-30)14-8-6-4-2/h19-26H,3-18H2,1-2H3. The third kappa shape index (κ3) is 8.68. The monoisotopic (exact) mass is 434 g/mol. The van der Waals surface area contributed by atoms with E-state index < -0.39 is 0 Å². The van der Waals surface area contributed by atoms with Gasteiger partial charge in [0, 0.05) is 18.0 Å². The summed E-state index contributed by atoms with van der Waals surface area (Å²) in [4.78, 5) is 9.20. The summed E-state index contributed by atoms with van der Waals surface area (Å²) in [7, 11) is 0. The average Bonchev–Trinajstić information content (AvgIpc) is 2.84. The number of benzene rings is 1. The summed E-state index contributed by atoms with van der Waals surface area (Å²) in [5, 5.41) is 0. The van der Waals surface area contributed by atoms with Gasteiger partial charge in [-0.3, -0.25) is 0 Å². The first-order chi connectivity index (χ1) is 15.8. The van der Waals surface area contributed by atoms with Gasteiger partial charge in [0.2, 0.25) is 0 Å². The van der Waals surface area contributed by atoms with Gasteiger partial charge in [-0.2, -0.15) is 0 Å². The molecular weight excluding hydrogens is 388 g/mol. The Morgan fingerprint density at radius 2 is 1.12 bits per heavy atom. The maximum Gasteiger partial charge on any atom is 0.159 e. The van der Waals surface area contributed by atoms with Gasteiger partial charge in [-0.05, 0) is 48.6 Å². The van der Waals surface area contributed by atoms with Gasteiger partial charge >= 0.3 is 0 Å². The predicted molar refractivity (Wildman–Crippen MR) is 138 cm³/mol. The highest BCUT2D eigenvalue weighted by atomic mass is 14.9. The molecule has 0 saturated heterocycles. The largest absolute Gasteiger partial charge is 0.236 e. The Kier molecular flexibility index (Phi) is 11.3. The quantitative estimate of drug-likeness (QED) is 0.277. The van der Waals surface area contributed by atoms with Crippen LogP contribution in [0.15, 0.2) is 36.7 Å².